The average molecular weight is 468 g/mol. The van der Waals surface area contributed by atoms with Crippen LogP contribution in [-0.4, -0.2) is 33.4 Å². The van der Waals surface area contributed by atoms with Gasteiger partial charge in [0.15, 0.2) is 27.1 Å². The van der Waals surface area contributed by atoms with E-state index < -0.39 is 23.2 Å². The third-order valence-electron chi connectivity index (χ3n) is 5.58. The predicted molar refractivity (Wildman–Crippen MR) is 122 cm³/mol. The zero-order valence-electron chi connectivity index (χ0n) is 17.3. The van der Waals surface area contributed by atoms with Crippen molar-refractivity contribution in [1.82, 2.24) is 20.3 Å². The van der Waals surface area contributed by atoms with Crippen molar-refractivity contribution in [2.24, 2.45) is 0 Å². The molecular formula is C23H19F2N5O2S. The molecule has 0 aliphatic carbocycles. The fraction of sp³-hybridized carbons (Fsp3) is 0.217. The normalized spacial score (nSPS) is 15.8. The number of aromatic nitrogens is 3. The summed E-state index contributed by atoms with van der Waals surface area (Å²) in [7, 11) is 0. The van der Waals surface area contributed by atoms with Crippen molar-refractivity contribution in [3.05, 3.63) is 76.1 Å². The quantitative estimate of drug-likeness (QED) is 0.468. The number of nitrogens with zero attached hydrogens (tertiary/aromatic N) is 3. The molecule has 7 nitrogen and oxygen atoms in total. The van der Waals surface area contributed by atoms with E-state index in [1.54, 1.807) is 0 Å². The second-order valence-corrected chi connectivity index (χ2v) is 8.68. The molecule has 33 heavy (non-hydrogen) atoms. The number of halogens is 2. The van der Waals surface area contributed by atoms with Crippen LogP contribution in [0.4, 0.5) is 13.9 Å². The number of hydrogen-bond acceptors (Lipinski definition) is 6. The Balaban J connectivity index is 1.42. The number of fused-ring (bicyclic) bond motifs is 1. The molecule has 1 amide bonds. The number of aromatic amines is 1. The lowest BCUT2D eigenvalue weighted by Gasteiger charge is -2.23. The van der Waals surface area contributed by atoms with Crippen LogP contribution in [0.3, 0.4) is 0 Å². The van der Waals surface area contributed by atoms with Crippen molar-refractivity contribution in [1.29, 1.82) is 0 Å². The van der Waals surface area contributed by atoms with Gasteiger partial charge in [0.2, 0.25) is 5.91 Å². The summed E-state index contributed by atoms with van der Waals surface area (Å²) in [6.45, 7) is 1.04. The lowest BCUT2D eigenvalue weighted by Crippen LogP contribution is -2.43. The monoisotopic (exact) mass is 467 g/mol. The van der Waals surface area contributed by atoms with E-state index in [1.165, 1.54) is 12.1 Å². The van der Waals surface area contributed by atoms with Crippen LogP contribution < -0.4 is 15.8 Å². The van der Waals surface area contributed by atoms with Crippen LogP contribution in [0.15, 0.2) is 53.3 Å². The molecule has 2 N–H and O–H groups in total. The van der Waals surface area contributed by atoms with Crippen molar-refractivity contribution in [2.45, 2.75) is 25.4 Å². The third-order valence-corrected chi connectivity index (χ3v) is 6.56. The van der Waals surface area contributed by atoms with Crippen LogP contribution in [0.25, 0.3) is 21.7 Å². The van der Waals surface area contributed by atoms with Gasteiger partial charge in [0, 0.05) is 13.1 Å². The largest absolute Gasteiger partial charge is 0.350 e. The molecule has 1 saturated heterocycles. The molecule has 0 spiro atoms. The number of carbonyl (C=O) groups excluding carboxylic acids is 1. The molecule has 4 aromatic rings. The summed E-state index contributed by atoms with van der Waals surface area (Å²) in [5, 5.41) is 3.46. The van der Waals surface area contributed by atoms with Crippen LogP contribution in [0.2, 0.25) is 0 Å². The molecule has 1 aliphatic rings. The number of hydrogen-bond donors (Lipinski definition) is 2. The molecule has 1 unspecified atom stereocenters. The van der Waals surface area contributed by atoms with Gasteiger partial charge >= 0.3 is 0 Å². The summed E-state index contributed by atoms with van der Waals surface area (Å²) in [5.41, 5.74) is 0.419. The first-order chi connectivity index (χ1) is 16.0. The molecule has 3 heterocycles. The number of H-pyrrole nitrogens is 1. The Morgan fingerprint density at radius 1 is 1.15 bits per heavy atom. The second kappa shape index (κ2) is 8.70. The highest BCUT2D eigenvalue weighted by Crippen LogP contribution is 2.32. The van der Waals surface area contributed by atoms with Gasteiger partial charge in [-0.15, -0.1) is 0 Å². The Labute approximate surface area is 191 Å². The second-order valence-electron chi connectivity index (χ2n) is 7.72. The van der Waals surface area contributed by atoms with Gasteiger partial charge in [0.25, 0.3) is 5.56 Å². The fourth-order valence-electron chi connectivity index (χ4n) is 3.93. The number of benzene rings is 2. The summed E-state index contributed by atoms with van der Waals surface area (Å²) in [6, 6.07) is 12.9. The third kappa shape index (κ3) is 4.09. The highest BCUT2D eigenvalue weighted by molar-refractivity contribution is 7.21. The standard InChI is InChI=1S/C23H19F2N5O2S/c24-15-9-4-8-14(17(15)25)19-28-21(32)18-22(29-19)33-23(27-18)30-11-5-10-16(30)20(31)26-12-13-6-2-1-3-7-13/h1-4,6-9,16H,5,10-12H2,(H,26,31)(H,28,29,32). The van der Waals surface area contributed by atoms with Gasteiger partial charge in [-0.1, -0.05) is 47.7 Å². The van der Waals surface area contributed by atoms with Crippen molar-refractivity contribution in [3.8, 4) is 11.4 Å². The first kappa shape index (κ1) is 21.2. The Bertz CT molecular complexity index is 1390. The fourth-order valence-corrected chi connectivity index (χ4v) is 4.95. The molecule has 1 atom stereocenters. The Morgan fingerprint density at radius 3 is 2.79 bits per heavy atom. The molecule has 2 aromatic heterocycles. The van der Waals surface area contributed by atoms with Crippen LogP contribution in [0.5, 0.6) is 0 Å². The molecule has 0 saturated carbocycles. The number of amides is 1. The summed E-state index contributed by atoms with van der Waals surface area (Å²) >= 11 is 1.15. The SMILES string of the molecule is O=C(NCc1ccccc1)C1CCCN1c1nc2c(=O)[nH]c(-c3cccc(F)c3F)nc2s1. The molecule has 1 aliphatic heterocycles. The number of thiazole rings is 1. The average Bonchev–Trinajstić information content (AvgIpc) is 3.47. The van der Waals surface area contributed by atoms with E-state index in [2.05, 4.69) is 20.3 Å². The maximum absolute atomic E-state index is 14.2. The highest BCUT2D eigenvalue weighted by atomic mass is 32.1. The van der Waals surface area contributed by atoms with Gasteiger partial charge in [0.1, 0.15) is 11.9 Å². The highest BCUT2D eigenvalue weighted by Gasteiger charge is 2.33. The van der Waals surface area contributed by atoms with Crippen molar-refractivity contribution < 1.29 is 13.6 Å². The Kier molecular flexibility index (Phi) is 5.59. The lowest BCUT2D eigenvalue weighted by molar-refractivity contribution is -0.122. The summed E-state index contributed by atoms with van der Waals surface area (Å²) in [6.07, 6.45) is 1.48. The van der Waals surface area contributed by atoms with Gasteiger partial charge in [-0.05, 0) is 30.5 Å². The van der Waals surface area contributed by atoms with E-state index >= 15 is 0 Å². The van der Waals surface area contributed by atoms with Gasteiger partial charge < -0.3 is 15.2 Å². The van der Waals surface area contributed by atoms with E-state index in [9.17, 15) is 18.4 Å². The molecular weight excluding hydrogens is 448 g/mol. The van der Waals surface area contributed by atoms with Crippen LogP contribution in [-0.2, 0) is 11.3 Å². The van der Waals surface area contributed by atoms with Crippen LogP contribution >= 0.6 is 11.3 Å². The van der Waals surface area contributed by atoms with Crippen LogP contribution in [0.1, 0.15) is 18.4 Å². The smallest absolute Gasteiger partial charge is 0.278 e. The first-order valence-corrected chi connectivity index (χ1v) is 11.3. The molecule has 1 fully saturated rings. The van der Waals surface area contributed by atoms with Gasteiger partial charge in [-0.25, -0.2) is 18.7 Å². The number of rotatable bonds is 5. The topological polar surface area (TPSA) is 91.0 Å². The molecule has 5 rings (SSSR count). The molecule has 168 valence electrons. The Hall–Kier alpha value is -3.66. The first-order valence-electron chi connectivity index (χ1n) is 10.4. The molecule has 2 aromatic carbocycles. The summed E-state index contributed by atoms with van der Waals surface area (Å²) in [5.74, 6) is -2.29. The number of nitrogens with one attached hydrogen (secondary N) is 2. The van der Waals surface area contributed by atoms with Crippen molar-refractivity contribution in [3.63, 3.8) is 0 Å². The van der Waals surface area contributed by atoms with E-state index in [0.717, 1.165) is 29.4 Å². The summed E-state index contributed by atoms with van der Waals surface area (Å²) in [4.78, 5) is 38.8. The van der Waals surface area contributed by atoms with Crippen molar-refractivity contribution in [2.75, 3.05) is 11.4 Å². The van der Waals surface area contributed by atoms with Gasteiger partial charge in [-0.2, -0.15) is 0 Å². The minimum atomic E-state index is -1.08. The number of carbonyl (C=O) groups is 1. The molecule has 0 radical (unpaired) electrons. The molecule has 10 heteroatoms. The number of anilines is 1. The zero-order valence-corrected chi connectivity index (χ0v) is 18.2. The minimum Gasteiger partial charge on any atom is -0.350 e. The lowest BCUT2D eigenvalue weighted by atomic mass is 10.2. The zero-order chi connectivity index (χ0) is 22.9. The van der Waals surface area contributed by atoms with Crippen LogP contribution in [0, 0.1) is 11.6 Å². The van der Waals surface area contributed by atoms with E-state index in [4.69, 9.17) is 0 Å². The van der Waals surface area contributed by atoms with E-state index in [-0.39, 0.29) is 22.8 Å². The summed E-state index contributed by atoms with van der Waals surface area (Å²) < 4.78 is 27.8. The van der Waals surface area contributed by atoms with E-state index in [0.29, 0.717) is 29.5 Å². The maximum atomic E-state index is 14.2. The molecule has 0 bridgehead atoms. The predicted octanol–water partition coefficient (Wildman–Crippen LogP) is 3.61. The van der Waals surface area contributed by atoms with E-state index in [1.807, 2.05) is 35.2 Å². The maximum Gasteiger partial charge on any atom is 0.278 e. The van der Waals surface area contributed by atoms with Crippen molar-refractivity contribution >= 4 is 32.7 Å². The van der Waals surface area contributed by atoms with Gasteiger partial charge in [-0.3, -0.25) is 9.59 Å². The van der Waals surface area contributed by atoms with Gasteiger partial charge in [0.05, 0.1) is 5.56 Å². The Morgan fingerprint density at radius 2 is 1.97 bits per heavy atom. The minimum absolute atomic E-state index is 0.0710.